The SMILES string of the molecule is CCCCCCCC/C=C/CCCCCCCC(=O)O[C@@H](COC(=O)CCCCCCCCCCCCCCCCCCC)CO[C@@H]1O[C@H](CO[C@@H]2O[C@H](CO)[C@H](O)C(O)C2O)[C@H](O)C(O)C1O. The lowest BCUT2D eigenvalue weighted by atomic mass is 9.98. The van der Waals surface area contributed by atoms with Gasteiger partial charge in [-0.25, -0.2) is 0 Å². The van der Waals surface area contributed by atoms with Crippen LogP contribution in [0.25, 0.3) is 0 Å². The predicted octanol–water partition coefficient (Wildman–Crippen LogP) is 8.16. The van der Waals surface area contributed by atoms with E-state index in [0.717, 1.165) is 57.8 Å². The maximum Gasteiger partial charge on any atom is 0.306 e. The molecule has 2 heterocycles. The number of aliphatic hydroxyl groups excluding tert-OH is 7. The number of allylic oxidation sites excluding steroid dienone is 2. The quantitative estimate of drug-likeness (QED) is 0.0174. The summed E-state index contributed by atoms with van der Waals surface area (Å²) in [5, 5.41) is 72.1. The summed E-state index contributed by atoms with van der Waals surface area (Å²) in [5.41, 5.74) is 0. The molecule has 2 fully saturated rings. The van der Waals surface area contributed by atoms with E-state index >= 15 is 0 Å². The Morgan fingerprint density at radius 3 is 1.29 bits per heavy atom. The summed E-state index contributed by atoms with van der Waals surface area (Å²) >= 11 is 0. The van der Waals surface area contributed by atoms with Gasteiger partial charge in [0.15, 0.2) is 18.7 Å². The molecule has 0 amide bonds. The number of esters is 2. The van der Waals surface area contributed by atoms with Crippen molar-refractivity contribution in [3.8, 4) is 0 Å². The molecule has 2 saturated heterocycles. The first-order chi connectivity index (χ1) is 33.0. The third-order valence-electron chi connectivity index (χ3n) is 13.2. The number of carbonyl (C=O) groups is 2. The number of hydrogen-bond acceptors (Lipinski definition) is 15. The molecule has 15 heteroatoms. The lowest BCUT2D eigenvalue weighted by molar-refractivity contribution is -0.332. The van der Waals surface area contributed by atoms with Gasteiger partial charge in [0, 0.05) is 12.8 Å². The number of hydrogen-bond donors (Lipinski definition) is 7. The van der Waals surface area contributed by atoms with Crippen molar-refractivity contribution in [1.82, 2.24) is 0 Å². The van der Waals surface area contributed by atoms with Gasteiger partial charge < -0.3 is 64.2 Å². The van der Waals surface area contributed by atoms with Crippen molar-refractivity contribution in [3.63, 3.8) is 0 Å². The average molecular weight is 975 g/mol. The standard InChI is InChI=1S/C53H98O15/c1-3-5-7-9-11-13-15-17-19-20-22-23-25-27-29-31-33-35-44(55)63-38-41(66-45(56)36-34-32-30-28-26-24-21-18-16-14-12-10-8-6-4-2)39-64-52-51(62)49(60)47(58)43(68-52)40-65-53-50(61)48(59)46(57)42(37-54)67-53/h18,21,41-43,46-54,57-62H,3-17,19-20,22-40H2,1-2H3/b21-18+/t41-,42+,43+,46-,47-,48?,49?,50?,51?,52+,53+/m0/s1. The van der Waals surface area contributed by atoms with Crippen LogP contribution in [0, 0.1) is 0 Å². The Bertz CT molecular complexity index is 1240. The Labute approximate surface area is 410 Å². The highest BCUT2D eigenvalue weighted by Crippen LogP contribution is 2.27. The van der Waals surface area contributed by atoms with Crippen LogP contribution in [-0.4, -0.2) is 142 Å². The molecule has 0 aromatic carbocycles. The normalized spacial score (nSPS) is 25.8. The zero-order chi connectivity index (χ0) is 49.6. The Morgan fingerprint density at radius 1 is 0.456 bits per heavy atom. The lowest BCUT2D eigenvalue weighted by Crippen LogP contribution is -2.61. The van der Waals surface area contributed by atoms with Crippen LogP contribution in [0.15, 0.2) is 12.2 Å². The van der Waals surface area contributed by atoms with Crippen molar-refractivity contribution in [1.29, 1.82) is 0 Å². The molecule has 0 aliphatic carbocycles. The van der Waals surface area contributed by atoms with E-state index in [0.29, 0.717) is 12.8 Å². The first kappa shape index (κ1) is 62.4. The van der Waals surface area contributed by atoms with Crippen LogP contribution in [-0.2, 0) is 38.0 Å². The van der Waals surface area contributed by atoms with Crippen LogP contribution in [0.5, 0.6) is 0 Å². The van der Waals surface area contributed by atoms with Crippen LogP contribution in [0.3, 0.4) is 0 Å². The molecular weight excluding hydrogens is 877 g/mol. The molecule has 0 aromatic rings. The van der Waals surface area contributed by atoms with Crippen molar-refractivity contribution in [2.45, 2.75) is 287 Å². The summed E-state index contributed by atoms with van der Waals surface area (Å²) < 4.78 is 33.6. The Kier molecular flexibility index (Phi) is 37.4. The molecule has 0 saturated carbocycles. The largest absolute Gasteiger partial charge is 0.462 e. The maximum atomic E-state index is 13.0. The van der Waals surface area contributed by atoms with Crippen LogP contribution in [0.1, 0.15) is 219 Å². The van der Waals surface area contributed by atoms with Gasteiger partial charge in [-0.2, -0.15) is 0 Å². The number of unbranched alkanes of at least 4 members (excludes halogenated alkanes) is 27. The Balaban J connectivity index is 1.78. The Morgan fingerprint density at radius 2 is 0.838 bits per heavy atom. The van der Waals surface area contributed by atoms with Gasteiger partial charge in [-0.05, 0) is 38.5 Å². The summed E-state index contributed by atoms with van der Waals surface area (Å²) in [6, 6.07) is 0. The third-order valence-corrected chi connectivity index (χ3v) is 13.2. The fourth-order valence-electron chi connectivity index (χ4n) is 8.74. The molecule has 0 radical (unpaired) electrons. The van der Waals surface area contributed by atoms with Crippen LogP contribution in [0.2, 0.25) is 0 Å². The van der Waals surface area contributed by atoms with Crippen LogP contribution < -0.4 is 0 Å². The molecule has 7 N–H and O–H groups in total. The number of carbonyl (C=O) groups excluding carboxylic acids is 2. The van der Waals surface area contributed by atoms with Crippen LogP contribution in [0.4, 0.5) is 0 Å². The van der Waals surface area contributed by atoms with Crippen molar-refractivity contribution < 1.29 is 73.8 Å². The summed E-state index contributed by atoms with van der Waals surface area (Å²) in [4.78, 5) is 25.8. The van der Waals surface area contributed by atoms with E-state index in [1.165, 1.54) is 122 Å². The molecule has 0 spiro atoms. The highest BCUT2D eigenvalue weighted by Gasteiger charge is 2.47. The van der Waals surface area contributed by atoms with E-state index in [2.05, 4.69) is 26.0 Å². The van der Waals surface area contributed by atoms with Gasteiger partial charge in [0.25, 0.3) is 0 Å². The van der Waals surface area contributed by atoms with Crippen molar-refractivity contribution in [2.75, 3.05) is 26.4 Å². The Hall–Kier alpha value is -1.76. The van der Waals surface area contributed by atoms with Gasteiger partial charge in [-0.1, -0.05) is 180 Å². The van der Waals surface area contributed by atoms with E-state index in [9.17, 15) is 45.3 Å². The molecule has 0 aromatic heterocycles. The van der Waals surface area contributed by atoms with E-state index in [1.807, 2.05) is 0 Å². The minimum atomic E-state index is -1.76. The van der Waals surface area contributed by atoms with Gasteiger partial charge in [0.1, 0.15) is 55.4 Å². The van der Waals surface area contributed by atoms with Gasteiger partial charge in [-0.15, -0.1) is 0 Å². The van der Waals surface area contributed by atoms with Gasteiger partial charge in [-0.3, -0.25) is 9.59 Å². The molecule has 11 atom stereocenters. The fraction of sp³-hybridized carbons (Fsp3) is 0.925. The predicted molar refractivity (Wildman–Crippen MR) is 261 cm³/mol. The van der Waals surface area contributed by atoms with Crippen LogP contribution >= 0.6 is 0 Å². The minimum Gasteiger partial charge on any atom is -0.462 e. The van der Waals surface area contributed by atoms with Crippen molar-refractivity contribution in [2.24, 2.45) is 0 Å². The van der Waals surface area contributed by atoms with Crippen molar-refractivity contribution in [3.05, 3.63) is 12.2 Å². The average Bonchev–Trinajstić information content (AvgIpc) is 3.33. The fourth-order valence-corrected chi connectivity index (χ4v) is 8.74. The highest BCUT2D eigenvalue weighted by atomic mass is 16.7. The molecule has 68 heavy (non-hydrogen) atoms. The molecule has 4 unspecified atom stereocenters. The zero-order valence-corrected chi connectivity index (χ0v) is 42.4. The summed E-state index contributed by atoms with van der Waals surface area (Å²) in [6.07, 6.45) is 23.8. The lowest BCUT2D eigenvalue weighted by Gasteiger charge is -2.42. The third kappa shape index (κ3) is 28.3. The van der Waals surface area contributed by atoms with E-state index in [1.54, 1.807) is 0 Å². The second-order valence-corrected chi connectivity index (χ2v) is 19.4. The number of aliphatic hydroxyl groups is 7. The minimum absolute atomic E-state index is 0.159. The first-order valence-electron chi connectivity index (χ1n) is 27.3. The zero-order valence-electron chi connectivity index (χ0n) is 42.4. The first-order valence-corrected chi connectivity index (χ1v) is 27.3. The molecule has 2 aliphatic rings. The topological polar surface area (TPSA) is 231 Å². The summed E-state index contributed by atoms with van der Waals surface area (Å²) in [7, 11) is 0. The highest BCUT2D eigenvalue weighted by molar-refractivity contribution is 5.70. The number of ether oxygens (including phenoxy) is 6. The summed E-state index contributed by atoms with van der Waals surface area (Å²) in [6.45, 7) is 2.61. The smallest absolute Gasteiger partial charge is 0.306 e. The maximum absolute atomic E-state index is 13.0. The molecule has 15 nitrogen and oxygen atoms in total. The van der Waals surface area contributed by atoms with E-state index < -0.39 is 92.7 Å². The monoisotopic (exact) mass is 975 g/mol. The van der Waals surface area contributed by atoms with Gasteiger partial charge >= 0.3 is 11.9 Å². The molecular formula is C53H98O15. The number of rotatable bonds is 43. The molecule has 2 rings (SSSR count). The second kappa shape index (κ2) is 40.8. The molecule has 400 valence electrons. The van der Waals surface area contributed by atoms with Gasteiger partial charge in [0.05, 0.1) is 19.8 Å². The van der Waals surface area contributed by atoms with E-state index in [4.69, 9.17) is 28.4 Å². The molecule has 0 bridgehead atoms. The van der Waals surface area contributed by atoms with Crippen molar-refractivity contribution >= 4 is 11.9 Å². The van der Waals surface area contributed by atoms with Gasteiger partial charge in [0.2, 0.25) is 0 Å². The summed E-state index contributed by atoms with van der Waals surface area (Å²) in [5.74, 6) is -0.922. The van der Waals surface area contributed by atoms with E-state index in [-0.39, 0.29) is 26.1 Å². The molecule has 2 aliphatic heterocycles. The second-order valence-electron chi connectivity index (χ2n) is 19.4.